The van der Waals surface area contributed by atoms with E-state index in [4.69, 9.17) is 5.11 Å². The Morgan fingerprint density at radius 2 is 2.33 bits per heavy atom. The Hall–Kier alpha value is -0.810. The molecule has 1 aromatic heterocycles. The minimum absolute atomic E-state index is 0.235. The summed E-state index contributed by atoms with van der Waals surface area (Å²) < 4.78 is 0. The van der Waals surface area contributed by atoms with Gasteiger partial charge in [0.2, 0.25) is 0 Å². The van der Waals surface area contributed by atoms with Gasteiger partial charge in [-0.15, -0.1) is 11.8 Å². The van der Waals surface area contributed by atoms with Crippen molar-refractivity contribution < 1.29 is 5.11 Å². The SMILES string of the molecule is CCCNc1cc(SCCCO)ncn1. The second-order valence-electron chi connectivity index (χ2n) is 3.09. The minimum atomic E-state index is 0.235. The van der Waals surface area contributed by atoms with Crippen LogP contribution in [0.15, 0.2) is 17.4 Å². The molecule has 1 heterocycles. The van der Waals surface area contributed by atoms with Crippen molar-refractivity contribution in [3.8, 4) is 0 Å². The number of hydrogen-bond donors (Lipinski definition) is 2. The van der Waals surface area contributed by atoms with Crippen molar-refractivity contribution in [3.63, 3.8) is 0 Å². The maximum atomic E-state index is 8.66. The first kappa shape index (κ1) is 12.3. The largest absolute Gasteiger partial charge is 0.396 e. The van der Waals surface area contributed by atoms with Crippen LogP contribution in [-0.2, 0) is 0 Å². The molecule has 1 rings (SSSR count). The van der Waals surface area contributed by atoms with Crippen molar-refractivity contribution >= 4 is 17.6 Å². The van der Waals surface area contributed by atoms with Crippen molar-refractivity contribution in [1.29, 1.82) is 0 Å². The van der Waals surface area contributed by atoms with E-state index in [9.17, 15) is 0 Å². The molecule has 15 heavy (non-hydrogen) atoms. The average Bonchev–Trinajstić information content (AvgIpc) is 2.27. The highest BCUT2D eigenvalue weighted by Gasteiger charge is 1.98. The van der Waals surface area contributed by atoms with Gasteiger partial charge in [-0.3, -0.25) is 0 Å². The molecule has 0 amide bonds. The van der Waals surface area contributed by atoms with Crippen molar-refractivity contribution in [3.05, 3.63) is 12.4 Å². The zero-order valence-electron chi connectivity index (χ0n) is 8.94. The summed E-state index contributed by atoms with van der Waals surface area (Å²) in [4.78, 5) is 8.27. The van der Waals surface area contributed by atoms with E-state index in [2.05, 4.69) is 22.2 Å². The number of aliphatic hydroxyl groups is 1. The molecule has 0 saturated heterocycles. The molecule has 0 aliphatic carbocycles. The fourth-order valence-electron chi connectivity index (χ4n) is 1.01. The van der Waals surface area contributed by atoms with Crippen LogP contribution in [0.25, 0.3) is 0 Å². The predicted molar refractivity (Wildman–Crippen MR) is 63.2 cm³/mol. The summed E-state index contributed by atoms with van der Waals surface area (Å²) >= 11 is 1.64. The molecule has 0 unspecified atom stereocenters. The number of nitrogens with one attached hydrogen (secondary N) is 1. The quantitative estimate of drug-likeness (QED) is 0.422. The first-order chi connectivity index (χ1) is 7.36. The van der Waals surface area contributed by atoms with Crippen LogP contribution in [0, 0.1) is 0 Å². The molecule has 0 radical (unpaired) electrons. The van der Waals surface area contributed by atoms with Gasteiger partial charge in [-0.1, -0.05) is 6.92 Å². The monoisotopic (exact) mass is 227 g/mol. The van der Waals surface area contributed by atoms with Crippen LogP contribution in [0.3, 0.4) is 0 Å². The standard InChI is InChI=1S/C10H17N3OS/c1-2-4-11-9-7-10(13-8-12-9)15-6-3-5-14/h7-8,14H,2-6H2,1H3,(H,11,12,13). The Morgan fingerprint density at radius 3 is 3.07 bits per heavy atom. The van der Waals surface area contributed by atoms with Gasteiger partial charge in [0.15, 0.2) is 0 Å². The lowest BCUT2D eigenvalue weighted by Gasteiger charge is -2.04. The van der Waals surface area contributed by atoms with Gasteiger partial charge < -0.3 is 10.4 Å². The molecule has 0 aliphatic heterocycles. The molecule has 5 heteroatoms. The maximum Gasteiger partial charge on any atom is 0.130 e. The third-order valence-corrected chi connectivity index (χ3v) is 2.76. The van der Waals surface area contributed by atoms with Gasteiger partial charge >= 0.3 is 0 Å². The minimum Gasteiger partial charge on any atom is -0.396 e. The van der Waals surface area contributed by atoms with Crippen LogP contribution in [0.2, 0.25) is 0 Å². The molecule has 0 saturated carbocycles. The van der Waals surface area contributed by atoms with Crippen molar-refractivity contribution in [2.45, 2.75) is 24.8 Å². The Bertz CT molecular complexity index is 283. The van der Waals surface area contributed by atoms with Crippen molar-refractivity contribution in [2.75, 3.05) is 24.2 Å². The van der Waals surface area contributed by atoms with Gasteiger partial charge in [0.05, 0.1) is 0 Å². The highest BCUT2D eigenvalue weighted by Crippen LogP contribution is 2.17. The first-order valence-electron chi connectivity index (χ1n) is 5.16. The fourth-order valence-corrected chi connectivity index (χ4v) is 1.81. The Balaban J connectivity index is 2.42. The highest BCUT2D eigenvalue weighted by molar-refractivity contribution is 7.99. The number of aliphatic hydroxyl groups excluding tert-OH is 1. The lowest BCUT2D eigenvalue weighted by Crippen LogP contribution is -2.02. The van der Waals surface area contributed by atoms with E-state index in [0.717, 1.165) is 36.0 Å². The fraction of sp³-hybridized carbons (Fsp3) is 0.600. The molecule has 0 fully saturated rings. The highest BCUT2D eigenvalue weighted by atomic mass is 32.2. The third-order valence-electron chi connectivity index (χ3n) is 1.75. The van der Waals surface area contributed by atoms with E-state index in [1.54, 1.807) is 18.1 Å². The third kappa shape index (κ3) is 4.99. The number of aromatic nitrogens is 2. The van der Waals surface area contributed by atoms with Gasteiger partial charge in [-0.2, -0.15) is 0 Å². The van der Waals surface area contributed by atoms with Crippen LogP contribution >= 0.6 is 11.8 Å². The summed E-state index contributed by atoms with van der Waals surface area (Å²) in [5, 5.41) is 12.8. The number of rotatable bonds is 7. The molecule has 2 N–H and O–H groups in total. The Labute approximate surface area is 94.5 Å². The van der Waals surface area contributed by atoms with Crippen molar-refractivity contribution in [2.24, 2.45) is 0 Å². The molecule has 1 aromatic rings. The molecular formula is C10H17N3OS. The lowest BCUT2D eigenvalue weighted by atomic mass is 10.4. The van der Waals surface area contributed by atoms with E-state index in [0.29, 0.717) is 0 Å². The molecule has 0 aromatic carbocycles. The van der Waals surface area contributed by atoms with E-state index < -0.39 is 0 Å². The summed E-state index contributed by atoms with van der Waals surface area (Å²) in [6.07, 6.45) is 3.45. The second-order valence-corrected chi connectivity index (χ2v) is 4.21. The Morgan fingerprint density at radius 1 is 1.47 bits per heavy atom. The van der Waals surface area contributed by atoms with Crippen LogP contribution in [0.1, 0.15) is 19.8 Å². The summed E-state index contributed by atoms with van der Waals surface area (Å²) in [5.41, 5.74) is 0. The average molecular weight is 227 g/mol. The zero-order chi connectivity index (χ0) is 10.9. The predicted octanol–water partition coefficient (Wildman–Crippen LogP) is 1.77. The van der Waals surface area contributed by atoms with Gasteiger partial charge in [0.25, 0.3) is 0 Å². The summed E-state index contributed by atoms with van der Waals surface area (Å²) in [5.74, 6) is 1.76. The Kier molecular flexibility index (Phi) is 6.11. The topological polar surface area (TPSA) is 58.0 Å². The van der Waals surface area contributed by atoms with Gasteiger partial charge in [-0.25, -0.2) is 9.97 Å². The van der Waals surface area contributed by atoms with Crippen LogP contribution in [-0.4, -0.2) is 34.0 Å². The van der Waals surface area contributed by atoms with Gasteiger partial charge in [0, 0.05) is 25.0 Å². The summed E-state index contributed by atoms with van der Waals surface area (Å²) in [7, 11) is 0. The second kappa shape index (κ2) is 7.48. The number of thioether (sulfide) groups is 1. The number of anilines is 1. The first-order valence-corrected chi connectivity index (χ1v) is 6.15. The normalized spacial score (nSPS) is 10.3. The maximum absolute atomic E-state index is 8.66. The molecular weight excluding hydrogens is 210 g/mol. The molecule has 84 valence electrons. The molecule has 0 spiro atoms. The van der Waals surface area contributed by atoms with Crippen molar-refractivity contribution in [1.82, 2.24) is 9.97 Å². The lowest BCUT2D eigenvalue weighted by molar-refractivity contribution is 0.296. The van der Waals surface area contributed by atoms with E-state index in [1.165, 1.54) is 0 Å². The molecule has 0 atom stereocenters. The number of hydrogen-bond acceptors (Lipinski definition) is 5. The summed E-state index contributed by atoms with van der Waals surface area (Å²) in [6.45, 7) is 3.28. The zero-order valence-corrected chi connectivity index (χ0v) is 9.76. The number of nitrogens with zero attached hydrogens (tertiary/aromatic N) is 2. The van der Waals surface area contributed by atoms with Crippen LogP contribution in [0.5, 0.6) is 0 Å². The summed E-state index contributed by atoms with van der Waals surface area (Å²) in [6, 6.07) is 1.94. The molecule has 0 aliphatic rings. The van der Waals surface area contributed by atoms with Gasteiger partial charge in [-0.05, 0) is 12.8 Å². The van der Waals surface area contributed by atoms with Crippen LogP contribution < -0.4 is 5.32 Å². The van der Waals surface area contributed by atoms with E-state index in [-0.39, 0.29) is 6.61 Å². The van der Waals surface area contributed by atoms with E-state index in [1.807, 2.05) is 6.07 Å². The van der Waals surface area contributed by atoms with E-state index >= 15 is 0 Å². The molecule has 0 bridgehead atoms. The smallest absolute Gasteiger partial charge is 0.130 e. The van der Waals surface area contributed by atoms with Gasteiger partial charge in [0.1, 0.15) is 17.2 Å². The van der Waals surface area contributed by atoms with Crippen LogP contribution in [0.4, 0.5) is 5.82 Å². The molecule has 4 nitrogen and oxygen atoms in total.